The zero-order valence-electron chi connectivity index (χ0n) is 9.52. The number of rotatable bonds is 2. The Morgan fingerprint density at radius 2 is 2.17 bits per heavy atom. The molecule has 2 rings (SSSR count). The number of anilines is 1. The molecule has 1 aliphatic rings. The largest absolute Gasteiger partial charge is 0.492 e. The Morgan fingerprint density at radius 1 is 1.39 bits per heavy atom. The van der Waals surface area contributed by atoms with Crippen molar-refractivity contribution in [2.75, 3.05) is 25.4 Å². The lowest BCUT2D eigenvalue weighted by atomic mass is 10.3. The van der Waals surface area contributed by atoms with Gasteiger partial charge in [-0.05, 0) is 18.2 Å². The molecule has 4 nitrogen and oxygen atoms in total. The van der Waals surface area contributed by atoms with E-state index in [9.17, 15) is 0 Å². The lowest BCUT2D eigenvalue weighted by Crippen LogP contribution is -2.29. The maximum Gasteiger partial charge on any atom is 0.149 e. The van der Waals surface area contributed by atoms with E-state index in [4.69, 9.17) is 26.8 Å². The molecule has 0 unspecified atom stereocenters. The fourth-order valence-corrected chi connectivity index (χ4v) is 1.53. The molecule has 1 aliphatic heterocycles. The van der Waals surface area contributed by atoms with Gasteiger partial charge in [0.05, 0.1) is 12.2 Å². The summed E-state index contributed by atoms with van der Waals surface area (Å²) in [6, 6.07) is 5.10. The molecule has 102 valence electrons. The molecule has 1 aromatic rings. The molecule has 7 heteroatoms. The van der Waals surface area contributed by atoms with Gasteiger partial charge in [-0.1, -0.05) is 11.6 Å². The Labute approximate surface area is 123 Å². The number of benzene rings is 1. The summed E-state index contributed by atoms with van der Waals surface area (Å²) in [6.45, 7) is 2.19. The van der Waals surface area contributed by atoms with Gasteiger partial charge >= 0.3 is 0 Å². The number of nitrogens with two attached hydrogens (primary N) is 1. The smallest absolute Gasteiger partial charge is 0.149 e. The van der Waals surface area contributed by atoms with Gasteiger partial charge in [-0.3, -0.25) is 0 Å². The van der Waals surface area contributed by atoms with E-state index < -0.39 is 0 Å². The van der Waals surface area contributed by atoms with Gasteiger partial charge in [0.1, 0.15) is 24.4 Å². The van der Waals surface area contributed by atoms with E-state index >= 15 is 0 Å². The van der Waals surface area contributed by atoms with Crippen LogP contribution in [0.1, 0.15) is 0 Å². The van der Waals surface area contributed by atoms with Gasteiger partial charge in [0.2, 0.25) is 0 Å². The summed E-state index contributed by atoms with van der Waals surface area (Å²) in [7, 11) is 0. The van der Waals surface area contributed by atoms with Gasteiger partial charge in [0.25, 0.3) is 0 Å². The molecule has 3 N–H and O–H groups in total. The van der Waals surface area contributed by atoms with Crippen LogP contribution < -0.4 is 15.8 Å². The minimum Gasteiger partial charge on any atom is -0.492 e. The fourth-order valence-electron chi connectivity index (χ4n) is 1.35. The molecule has 0 aromatic heterocycles. The van der Waals surface area contributed by atoms with Gasteiger partial charge in [-0.2, -0.15) is 0 Å². The van der Waals surface area contributed by atoms with Crippen molar-refractivity contribution in [3.05, 3.63) is 35.2 Å². The highest BCUT2D eigenvalue weighted by Crippen LogP contribution is 2.25. The number of hydrogen-bond donors (Lipinski definition) is 2. The highest BCUT2D eigenvalue weighted by atomic mass is 35.5. The Balaban J connectivity index is 0.00000144. The summed E-state index contributed by atoms with van der Waals surface area (Å²) >= 11 is 5.78. The molecule has 18 heavy (non-hydrogen) atoms. The fraction of sp³-hybridized carbons (Fsp3) is 0.273. The van der Waals surface area contributed by atoms with Crippen LogP contribution in [0.25, 0.3) is 0 Å². The van der Waals surface area contributed by atoms with E-state index in [-0.39, 0.29) is 24.8 Å². The van der Waals surface area contributed by atoms with Crippen molar-refractivity contribution in [2.45, 2.75) is 0 Å². The molecular weight excluding hydrogens is 298 g/mol. The number of hydrogen-bond acceptors (Lipinski definition) is 4. The molecule has 0 aliphatic carbocycles. The third-order valence-corrected chi connectivity index (χ3v) is 2.39. The number of nitrogen functional groups attached to an aromatic ring is 1. The number of nitrogens with one attached hydrogen (secondary N) is 1. The third-order valence-electron chi connectivity index (χ3n) is 2.15. The van der Waals surface area contributed by atoms with E-state index in [1.165, 1.54) is 0 Å². The van der Waals surface area contributed by atoms with Crippen molar-refractivity contribution in [2.24, 2.45) is 0 Å². The summed E-state index contributed by atoms with van der Waals surface area (Å²) < 4.78 is 10.8. The molecule has 1 saturated heterocycles. The second kappa shape index (κ2) is 8.32. The van der Waals surface area contributed by atoms with Crippen molar-refractivity contribution < 1.29 is 9.47 Å². The van der Waals surface area contributed by atoms with Crippen LogP contribution in [0.5, 0.6) is 5.75 Å². The minimum atomic E-state index is 0. The lowest BCUT2D eigenvalue weighted by molar-refractivity contribution is 0.168. The standard InChI is InChI=1S/C11H13ClN2O2.2ClH/c12-8-1-2-11(10(13)5-8)16-7-9-6-14-3-4-15-9;;/h1-2,5,7,14H,3-4,6,13H2;2*1H. The topological polar surface area (TPSA) is 56.5 Å². The molecule has 1 aromatic carbocycles. The zero-order valence-corrected chi connectivity index (χ0v) is 11.9. The summed E-state index contributed by atoms with van der Waals surface area (Å²) in [5.74, 6) is 1.34. The van der Waals surface area contributed by atoms with Crippen molar-refractivity contribution in [3.63, 3.8) is 0 Å². The van der Waals surface area contributed by atoms with E-state index in [1.54, 1.807) is 24.5 Å². The summed E-state index contributed by atoms with van der Waals surface area (Å²) in [4.78, 5) is 0. The van der Waals surface area contributed by atoms with Crippen LogP contribution in [0, 0.1) is 0 Å². The lowest BCUT2D eigenvalue weighted by Gasteiger charge is -2.17. The molecule has 1 heterocycles. The molecule has 0 saturated carbocycles. The molecule has 0 amide bonds. The number of halogens is 3. The highest BCUT2D eigenvalue weighted by Gasteiger charge is 2.06. The van der Waals surface area contributed by atoms with E-state index in [0.29, 0.717) is 29.6 Å². The zero-order chi connectivity index (χ0) is 11.4. The van der Waals surface area contributed by atoms with Crippen LogP contribution in [0.2, 0.25) is 5.02 Å². The SMILES string of the molecule is Cl.Cl.Nc1cc(Cl)ccc1OC=C1CNCCO1. The van der Waals surface area contributed by atoms with E-state index in [0.717, 1.165) is 12.3 Å². The number of ether oxygens (including phenoxy) is 2. The van der Waals surface area contributed by atoms with E-state index in [1.807, 2.05) is 0 Å². The van der Waals surface area contributed by atoms with Crippen LogP contribution in [0.4, 0.5) is 5.69 Å². The third kappa shape index (κ3) is 4.82. The Hall–Kier alpha value is -0.810. The highest BCUT2D eigenvalue weighted by molar-refractivity contribution is 6.30. The molecule has 0 radical (unpaired) electrons. The maximum absolute atomic E-state index is 5.78. The summed E-state index contributed by atoms with van der Waals surface area (Å²) in [5, 5.41) is 3.76. The van der Waals surface area contributed by atoms with Crippen LogP contribution in [-0.4, -0.2) is 19.7 Å². The van der Waals surface area contributed by atoms with Gasteiger partial charge in [0, 0.05) is 11.6 Å². The predicted octanol–water partition coefficient (Wildman–Crippen LogP) is 2.61. The van der Waals surface area contributed by atoms with Gasteiger partial charge in [-0.15, -0.1) is 24.8 Å². The quantitative estimate of drug-likeness (QED) is 0.651. The van der Waals surface area contributed by atoms with Crippen LogP contribution >= 0.6 is 36.4 Å². The first-order chi connectivity index (χ1) is 7.75. The average molecular weight is 314 g/mol. The van der Waals surface area contributed by atoms with Crippen LogP contribution in [0.3, 0.4) is 0 Å². The maximum atomic E-state index is 5.78. The van der Waals surface area contributed by atoms with Gasteiger partial charge in [-0.25, -0.2) is 0 Å². The molecule has 0 bridgehead atoms. The average Bonchev–Trinajstić information content (AvgIpc) is 2.29. The molecule has 0 atom stereocenters. The first-order valence-corrected chi connectivity index (χ1v) is 5.38. The number of morpholine rings is 1. The molecule has 1 fully saturated rings. The van der Waals surface area contributed by atoms with Gasteiger partial charge in [0.15, 0.2) is 0 Å². The Morgan fingerprint density at radius 3 is 2.78 bits per heavy atom. The van der Waals surface area contributed by atoms with Crippen LogP contribution in [-0.2, 0) is 4.74 Å². The predicted molar refractivity (Wildman–Crippen MR) is 77.9 cm³/mol. The first kappa shape index (κ1) is 17.2. The summed E-state index contributed by atoms with van der Waals surface area (Å²) in [5.41, 5.74) is 6.25. The Bertz CT molecular complexity index is 405. The van der Waals surface area contributed by atoms with Crippen LogP contribution in [0.15, 0.2) is 30.2 Å². The Kier molecular flexibility index (Phi) is 7.95. The minimum absolute atomic E-state index is 0. The van der Waals surface area contributed by atoms with Crippen molar-refractivity contribution >= 4 is 42.1 Å². The molecule has 0 spiro atoms. The second-order valence-corrected chi connectivity index (χ2v) is 3.85. The molecular formula is C11H15Cl3N2O2. The summed E-state index contributed by atoms with van der Waals surface area (Å²) in [6.07, 6.45) is 1.56. The normalized spacial score (nSPS) is 16.2. The first-order valence-electron chi connectivity index (χ1n) is 5.00. The van der Waals surface area contributed by atoms with Gasteiger partial charge < -0.3 is 20.5 Å². The van der Waals surface area contributed by atoms with Crippen molar-refractivity contribution in [1.82, 2.24) is 5.32 Å². The van der Waals surface area contributed by atoms with E-state index in [2.05, 4.69) is 5.32 Å². The second-order valence-electron chi connectivity index (χ2n) is 3.41. The van der Waals surface area contributed by atoms with Crippen molar-refractivity contribution in [1.29, 1.82) is 0 Å². The monoisotopic (exact) mass is 312 g/mol. The van der Waals surface area contributed by atoms with Crippen molar-refractivity contribution in [3.8, 4) is 5.75 Å².